The summed E-state index contributed by atoms with van der Waals surface area (Å²) in [5.74, 6) is -1.03. The van der Waals surface area contributed by atoms with Crippen LogP contribution in [0.15, 0.2) is 85.2 Å². The minimum absolute atomic E-state index is 0.120. The average molecular weight is 957 g/mol. The Kier molecular flexibility index (Phi) is 13.9. The number of anilines is 1. The fourth-order valence-corrected chi connectivity index (χ4v) is 8.06. The van der Waals surface area contributed by atoms with Crippen LogP contribution in [0.2, 0.25) is 5.02 Å². The van der Waals surface area contributed by atoms with Crippen molar-refractivity contribution in [1.82, 2.24) is 51.2 Å². The molecule has 2 atom stereocenters. The van der Waals surface area contributed by atoms with Crippen LogP contribution in [0.1, 0.15) is 64.1 Å². The lowest BCUT2D eigenvalue weighted by Crippen LogP contribution is -2.49. The molecule has 6 heterocycles. The predicted octanol–water partition coefficient (Wildman–Crippen LogP) is 4.64. The number of hydrogen-bond acceptors (Lipinski definition) is 14. The molecule has 354 valence electrons. The maximum Gasteiger partial charge on any atom is 0.433 e. The van der Waals surface area contributed by atoms with Gasteiger partial charge in [0.2, 0.25) is 0 Å². The van der Waals surface area contributed by atoms with Gasteiger partial charge in [0.25, 0.3) is 11.8 Å². The number of hydrogen-bond donors (Lipinski definition) is 7. The fourth-order valence-electron chi connectivity index (χ4n) is 7.86. The molecular weight excluding hydrogens is 913 g/mol. The highest BCUT2D eigenvalue weighted by atomic mass is 35.5. The number of rotatable bonds is 12. The number of halogens is 4. The lowest BCUT2D eigenvalue weighted by molar-refractivity contribution is -0.143. The molecule has 2 aromatic carbocycles. The number of alkyl halides is 3. The first-order valence-corrected chi connectivity index (χ1v) is 21.7. The molecule has 24 heteroatoms. The number of H-pyrrole nitrogens is 1. The number of hydrazine groups is 1. The van der Waals surface area contributed by atoms with E-state index in [2.05, 4.69) is 66.9 Å². The Labute approximate surface area is 389 Å². The van der Waals surface area contributed by atoms with Crippen LogP contribution < -0.4 is 32.6 Å². The first kappa shape index (κ1) is 47.0. The van der Waals surface area contributed by atoms with Gasteiger partial charge in [0, 0.05) is 44.4 Å². The number of aliphatic carboxylic acids is 1. The molecule has 6 aromatic rings. The van der Waals surface area contributed by atoms with Crippen molar-refractivity contribution in [3.05, 3.63) is 110 Å². The minimum Gasteiger partial charge on any atom is -0.481 e. The third-order valence-electron chi connectivity index (χ3n) is 11.8. The molecule has 3 aliphatic rings. The number of benzene rings is 2. The number of oxazole rings is 1. The summed E-state index contributed by atoms with van der Waals surface area (Å²) in [6.07, 6.45) is 1.93. The molecular formula is C44H44ClF3N14O6. The van der Waals surface area contributed by atoms with E-state index in [9.17, 15) is 32.3 Å². The Hall–Kier alpha value is -7.53. The van der Waals surface area contributed by atoms with Gasteiger partial charge in [0.1, 0.15) is 53.0 Å². The number of aromatic amines is 1. The van der Waals surface area contributed by atoms with Crippen molar-refractivity contribution >= 4 is 75.2 Å². The van der Waals surface area contributed by atoms with E-state index in [0.717, 1.165) is 41.8 Å². The van der Waals surface area contributed by atoms with E-state index < -0.39 is 41.6 Å². The molecule has 4 aromatic heterocycles. The normalized spacial score (nSPS) is 19.4. The Morgan fingerprint density at radius 3 is 2.44 bits per heavy atom. The van der Waals surface area contributed by atoms with Crippen molar-refractivity contribution in [3.63, 3.8) is 0 Å². The highest BCUT2D eigenvalue weighted by Gasteiger charge is 2.40. The minimum atomic E-state index is -4.57. The van der Waals surface area contributed by atoms with E-state index in [-0.39, 0.29) is 47.8 Å². The van der Waals surface area contributed by atoms with Crippen LogP contribution >= 0.6 is 11.6 Å². The third kappa shape index (κ3) is 10.7. The summed E-state index contributed by atoms with van der Waals surface area (Å²) < 4.78 is 45.1. The first-order chi connectivity index (χ1) is 32.6. The number of aryl methyl sites for hydroxylation is 2. The van der Waals surface area contributed by atoms with Gasteiger partial charge >= 0.3 is 17.9 Å². The summed E-state index contributed by atoms with van der Waals surface area (Å²) in [7, 11) is 1.63. The summed E-state index contributed by atoms with van der Waals surface area (Å²) in [6, 6.07) is 12.3. The molecule has 2 unspecified atom stereocenters. The molecule has 2 fully saturated rings. The highest BCUT2D eigenvalue weighted by Crippen LogP contribution is 2.30. The topological polar surface area (TPSA) is 271 Å². The molecule has 0 spiro atoms. The number of carboxylic acid groups (broad SMARTS) is 1. The van der Waals surface area contributed by atoms with Gasteiger partial charge in [-0.25, -0.2) is 25.2 Å². The van der Waals surface area contributed by atoms with Crippen molar-refractivity contribution in [2.24, 2.45) is 33.9 Å². The van der Waals surface area contributed by atoms with E-state index >= 15 is 0 Å². The summed E-state index contributed by atoms with van der Waals surface area (Å²) >= 11 is 6.20. The number of amides is 2. The van der Waals surface area contributed by atoms with Crippen molar-refractivity contribution < 1.29 is 37.1 Å². The van der Waals surface area contributed by atoms with Crippen LogP contribution in [0.25, 0.3) is 22.1 Å². The van der Waals surface area contributed by atoms with Crippen LogP contribution in [0.5, 0.6) is 0 Å². The van der Waals surface area contributed by atoms with Gasteiger partial charge in [-0.1, -0.05) is 29.8 Å². The number of carbonyl (C=O) groups is 3. The van der Waals surface area contributed by atoms with Crippen molar-refractivity contribution in [1.29, 1.82) is 0 Å². The molecule has 0 bridgehead atoms. The molecule has 1 saturated carbocycles. The molecule has 9 rings (SSSR count). The number of fused-ring (bicyclic) bond motifs is 3. The average Bonchev–Trinajstić information content (AvgIpc) is 4.04. The van der Waals surface area contributed by atoms with E-state index in [0.29, 0.717) is 64.7 Å². The van der Waals surface area contributed by atoms with Crippen molar-refractivity contribution in [2.45, 2.75) is 70.5 Å². The molecule has 68 heavy (non-hydrogen) atoms. The van der Waals surface area contributed by atoms with Gasteiger partial charge in [-0.05, 0) is 91.1 Å². The second-order valence-corrected chi connectivity index (χ2v) is 16.8. The van der Waals surface area contributed by atoms with Crippen LogP contribution in [-0.2, 0) is 42.4 Å². The van der Waals surface area contributed by atoms with E-state index in [4.69, 9.17) is 21.1 Å². The van der Waals surface area contributed by atoms with Gasteiger partial charge in [-0.3, -0.25) is 39.0 Å². The van der Waals surface area contributed by atoms with Crippen LogP contribution in [0.4, 0.5) is 19.0 Å². The Balaban J connectivity index is 0.000000184. The van der Waals surface area contributed by atoms with E-state index in [1.807, 2.05) is 25.1 Å². The number of pyridine rings is 1. The number of aromatic nitrogens is 6. The summed E-state index contributed by atoms with van der Waals surface area (Å²) in [5, 5.41) is 25.6. The largest absolute Gasteiger partial charge is 0.481 e. The molecule has 1 saturated heterocycles. The smallest absolute Gasteiger partial charge is 0.433 e. The summed E-state index contributed by atoms with van der Waals surface area (Å²) in [4.78, 5) is 73.0. The molecule has 2 amide bonds. The standard InChI is InChI=1S/C23H20ClN7O3.C21H24F3N7O3/c1-12-3-4-13(7-15(12)24)9-25-21-19-18(29-30-21)20(28-11-27-19)22(32)26-10-14-5-6-17-16(8-14)31(2)23(33)34-17;22-21(23,24)14-7-12(5-6-25-14)9-27-19(32)17-15-16(28-10-29-17)18(31-30-15)26-8-11-1-3-13(4-2-11)20(33)34/h3-8,11H,9-10H2,1-2H3,(H,26,32)(H2,25,29,30);5-7,10-11,13,15-16,30H,1-4,8-9H2,(H,26,31)(H,27,32)(H,33,34). The highest BCUT2D eigenvalue weighted by molar-refractivity contribution is 6.43. The Morgan fingerprint density at radius 2 is 1.69 bits per heavy atom. The lowest BCUT2D eigenvalue weighted by Gasteiger charge is -2.25. The second kappa shape index (κ2) is 20.1. The molecule has 20 nitrogen and oxygen atoms in total. The number of nitrogens with zero attached hydrogens (tertiary/aromatic N) is 8. The van der Waals surface area contributed by atoms with Crippen LogP contribution in [0.3, 0.4) is 0 Å². The molecule has 1 aliphatic carbocycles. The zero-order valence-electron chi connectivity index (χ0n) is 36.4. The SMILES string of the molecule is Cc1ccc(CNc2n[nH]c3c(C(=O)NCc4ccc5oc(=O)n(C)c5c4)ncnc23)cc1Cl.O=C(NCc1ccnc(C(F)(F)F)c1)C1=NC=NC2C(=NCC3CCC(C(=O)O)CC3)NNC12. The quantitative estimate of drug-likeness (QED) is 0.0883. The zero-order chi connectivity index (χ0) is 48.1. The lowest BCUT2D eigenvalue weighted by atomic mass is 9.82. The van der Waals surface area contributed by atoms with E-state index in [1.165, 1.54) is 23.3 Å². The second-order valence-electron chi connectivity index (χ2n) is 16.3. The first-order valence-electron chi connectivity index (χ1n) is 21.4. The van der Waals surface area contributed by atoms with Crippen molar-refractivity contribution in [2.75, 3.05) is 11.9 Å². The summed E-state index contributed by atoms with van der Waals surface area (Å²) in [6.45, 7) is 3.09. The Morgan fingerprint density at radius 1 is 0.956 bits per heavy atom. The number of carbonyl (C=O) groups excluding carboxylic acids is 2. The van der Waals surface area contributed by atoms with Crippen LogP contribution in [-0.4, -0.2) is 89.1 Å². The van der Waals surface area contributed by atoms with Gasteiger partial charge in [0.05, 0.1) is 11.4 Å². The van der Waals surface area contributed by atoms with E-state index in [1.54, 1.807) is 25.2 Å². The maximum atomic E-state index is 12.9. The molecule has 7 N–H and O–H groups in total. The van der Waals surface area contributed by atoms with Crippen molar-refractivity contribution in [3.8, 4) is 0 Å². The summed E-state index contributed by atoms with van der Waals surface area (Å²) in [5.41, 5.74) is 10.3. The van der Waals surface area contributed by atoms with Gasteiger partial charge in [-0.15, -0.1) is 0 Å². The Bertz CT molecular complexity index is 3030. The predicted molar refractivity (Wildman–Crippen MR) is 244 cm³/mol. The monoisotopic (exact) mass is 956 g/mol. The number of amidine groups is 1. The zero-order valence-corrected chi connectivity index (χ0v) is 37.2. The number of aliphatic imine (C=N–C) groups is 3. The third-order valence-corrected chi connectivity index (χ3v) is 12.2. The number of carboxylic acids is 1. The molecule has 0 radical (unpaired) electrons. The van der Waals surface area contributed by atoms with Gasteiger partial charge in [-0.2, -0.15) is 18.3 Å². The van der Waals surface area contributed by atoms with Gasteiger partial charge in [0.15, 0.2) is 17.1 Å². The van der Waals surface area contributed by atoms with Gasteiger partial charge < -0.3 is 30.9 Å². The number of nitrogens with one attached hydrogen (secondary N) is 6. The van der Waals surface area contributed by atoms with Crippen LogP contribution in [0, 0.1) is 18.8 Å². The molecule has 2 aliphatic heterocycles. The fraction of sp³-hybridized carbons (Fsp3) is 0.341. The maximum absolute atomic E-state index is 12.9.